The lowest BCUT2D eigenvalue weighted by Gasteiger charge is -2.10. The van der Waals surface area contributed by atoms with Crippen LogP contribution in [-0.2, 0) is 0 Å². The Labute approximate surface area is 176 Å². The number of H-pyrrole nitrogens is 1. The van der Waals surface area contributed by atoms with E-state index in [-0.39, 0.29) is 11.2 Å². The van der Waals surface area contributed by atoms with Gasteiger partial charge in [-0.15, -0.1) is 0 Å². The fourth-order valence-electron chi connectivity index (χ4n) is 3.08. The number of nitrogen functional groups attached to an aromatic ring is 1. The van der Waals surface area contributed by atoms with Gasteiger partial charge in [-0.2, -0.15) is 0 Å². The van der Waals surface area contributed by atoms with Crippen LogP contribution < -0.4 is 20.6 Å². The second-order valence-corrected chi connectivity index (χ2v) is 6.36. The van der Waals surface area contributed by atoms with E-state index < -0.39 is 0 Å². The molecule has 0 unspecified atom stereocenters. The van der Waals surface area contributed by atoms with Crippen LogP contribution in [0.1, 0.15) is 0 Å². The molecule has 0 saturated heterocycles. The van der Waals surface area contributed by atoms with Crippen LogP contribution in [0.25, 0.3) is 33.5 Å². The van der Waals surface area contributed by atoms with Gasteiger partial charge < -0.3 is 24.6 Å². The molecule has 0 atom stereocenters. The lowest BCUT2D eigenvalue weighted by atomic mass is 10.1. The first-order valence-electron chi connectivity index (χ1n) is 9.26. The molecular weight excluding hydrogens is 398 g/mol. The molecule has 0 amide bonds. The van der Waals surface area contributed by atoms with Crippen LogP contribution in [0.2, 0.25) is 0 Å². The zero-order chi connectivity index (χ0) is 21.8. The van der Waals surface area contributed by atoms with E-state index in [4.69, 9.17) is 19.6 Å². The summed E-state index contributed by atoms with van der Waals surface area (Å²) >= 11 is 0. The summed E-state index contributed by atoms with van der Waals surface area (Å²) in [7, 11) is 3.01. The highest BCUT2D eigenvalue weighted by atomic mass is 16.5. The fourth-order valence-corrected chi connectivity index (χ4v) is 3.08. The summed E-state index contributed by atoms with van der Waals surface area (Å²) in [6.07, 6.45) is 2.92. The van der Waals surface area contributed by atoms with Crippen molar-refractivity contribution in [1.29, 1.82) is 0 Å². The largest absolute Gasteiger partial charge is 0.493 e. The quantitative estimate of drug-likeness (QED) is 0.457. The zero-order valence-electron chi connectivity index (χ0n) is 16.8. The summed E-state index contributed by atoms with van der Waals surface area (Å²) in [5, 5.41) is 0.436. The number of methoxy groups -OCH3 is 2. The number of nitrogens with zero attached hydrogens (tertiary/aromatic N) is 3. The van der Waals surface area contributed by atoms with Crippen molar-refractivity contribution < 1.29 is 13.9 Å². The highest BCUT2D eigenvalue weighted by Crippen LogP contribution is 2.33. The van der Waals surface area contributed by atoms with E-state index in [0.717, 1.165) is 5.56 Å². The van der Waals surface area contributed by atoms with Crippen molar-refractivity contribution in [3.8, 4) is 22.8 Å². The number of hydrogen-bond donors (Lipinski definition) is 2. The number of para-hydroxylation sites is 1. The molecule has 0 saturated carbocycles. The number of rotatable bonds is 3. The number of aromatic amines is 1. The van der Waals surface area contributed by atoms with E-state index in [1.54, 1.807) is 25.3 Å². The van der Waals surface area contributed by atoms with Crippen molar-refractivity contribution in [2.75, 3.05) is 20.0 Å². The number of anilines is 1. The second-order valence-electron chi connectivity index (χ2n) is 6.36. The van der Waals surface area contributed by atoms with Crippen LogP contribution in [0.3, 0.4) is 0 Å². The average molecular weight is 417 g/mol. The van der Waals surface area contributed by atoms with E-state index in [2.05, 4.69) is 19.9 Å². The third-order valence-electron chi connectivity index (χ3n) is 4.55. The van der Waals surface area contributed by atoms with Gasteiger partial charge in [0.2, 0.25) is 11.2 Å². The smallest absolute Gasteiger partial charge is 0.235 e. The van der Waals surface area contributed by atoms with Gasteiger partial charge in [0.15, 0.2) is 28.6 Å². The number of aromatic nitrogens is 4. The maximum Gasteiger partial charge on any atom is 0.235 e. The van der Waals surface area contributed by atoms with Crippen molar-refractivity contribution in [3.05, 3.63) is 71.4 Å². The van der Waals surface area contributed by atoms with Crippen LogP contribution >= 0.6 is 0 Å². The molecular formula is C22H19N5O4. The van der Waals surface area contributed by atoms with Gasteiger partial charge in [0.1, 0.15) is 11.8 Å². The molecule has 31 heavy (non-hydrogen) atoms. The van der Waals surface area contributed by atoms with Crippen LogP contribution in [0.4, 0.5) is 5.82 Å². The Balaban J connectivity index is 0.000000192. The fraction of sp³-hybridized carbons (Fsp3) is 0.0909. The summed E-state index contributed by atoms with van der Waals surface area (Å²) < 4.78 is 16.5. The molecule has 9 heteroatoms. The van der Waals surface area contributed by atoms with Gasteiger partial charge in [0.05, 0.1) is 25.9 Å². The standard InChI is InChI=1S/C17H14O4.C5H5N5/c1-19-13-10-6-9-12-14(18)17(20-2)15(21-16(12)13)11-7-4-3-5-8-11;6-4-3-5(9-1-7-3)10-2-8-4/h3-10H,1-2H3;1-2H,(H3,6,7,8,9,10). The predicted molar refractivity (Wildman–Crippen MR) is 117 cm³/mol. The van der Waals surface area contributed by atoms with Gasteiger partial charge in [-0.1, -0.05) is 36.4 Å². The van der Waals surface area contributed by atoms with Crippen LogP contribution in [0.15, 0.2) is 70.4 Å². The van der Waals surface area contributed by atoms with Crippen LogP contribution in [0.5, 0.6) is 11.5 Å². The summed E-state index contributed by atoms with van der Waals surface area (Å²) in [5.74, 6) is 1.55. The van der Waals surface area contributed by atoms with Crippen molar-refractivity contribution in [2.45, 2.75) is 0 Å². The second kappa shape index (κ2) is 8.54. The highest BCUT2D eigenvalue weighted by molar-refractivity contribution is 5.86. The Kier molecular flexibility index (Phi) is 5.48. The summed E-state index contributed by atoms with van der Waals surface area (Å²) in [5.41, 5.74) is 7.77. The predicted octanol–water partition coefficient (Wildman–Crippen LogP) is 3.41. The first-order chi connectivity index (χ1) is 15.1. The molecule has 3 heterocycles. The first kappa shape index (κ1) is 19.9. The lowest BCUT2D eigenvalue weighted by Crippen LogP contribution is -2.08. The summed E-state index contributed by atoms with van der Waals surface area (Å²) in [6.45, 7) is 0. The Morgan fingerprint density at radius 1 is 0.968 bits per heavy atom. The van der Waals surface area contributed by atoms with Gasteiger partial charge in [-0.3, -0.25) is 4.79 Å². The molecule has 5 aromatic rings. The van der Waals surface area contributed by atoms with Gasteiger partial charge in [-0.25, -0.2) is 15.0 Å². The third kappa shape index (κ3) is 3.76. The molecule has 3 aromatic heterocycles. The molecule has 3 N–H and O–H groups in total. The number of nitrogens with one attached hydrogen (secondary N) is 1. The monoisotopic (exact) mass is 417 g/mol. The molecule has 0 aliphatic heterocycles. The third-order valence-corrected chi connectivity index (χ3v) is 4.55. The Hall–Kier alpha value is -4.40. The van der Waals surface area contributed by atoms with Crippen molar-refractivity contribution in [2.24, 2.45) is 0 Å². The molecule has 9 nitrogen and oxygen atoms in total. The molecule has 0 spiro atoms. The maximum absolute atomic E-state index is 12.6. The van der Waals surface area contributed by atoms with E-state index >= 15 is 0 Å². The van der Waals surface area contributed by atoms with Crippen molar-refractivity contribution in [3.63, 3.8) is 0 Å². The van der Waals surface area contributed by atoms with Gasteiger partial charge >= 0.3 is 0 Å². The minimum absolute atomic E-state index is 0.196. The molecule has 0 fully saturated rings. The summed E-state index contributed by atoms with van der Waals surface area (Å²) in [4.78, 5) is 26.9. The minimum atomic E-state index is -0.212. The van der Waals surface area contributed by atoms with Crippen molar-refractivity contribution in [1.82, 2.24) is 19.9 Å². The molecule has 0 aliphatic rings. The maximum atomic E-state index is 12.6. The van der Waals surface area contributed by atoms with E-state index in [0.29, 0.717) is 39.5 Å². The minimum Gasteiger partial charge on any atom is -0.493 e. The Bertz CT molecular complexity index is 1400. The van der Waals surface area contributed by atoms with Gasteiger partial charge in [-0.05, 0) is 12.1 Å². The molecule has 0 aliphatic carbocycles. The number of benzene rings is 2. The molecule has 5 rings (SSSR count). The van der Waals surface area contributed by atoms with Crippen molar-refractivity contribution >= 4 is 28.0 Å². The van der Waals surface area contributed by atoms with Gasteiger partial charge in [0, 0.05) is 5.56 Å². The molecule has 156 valence electrons. The number of ether oxygens (including phenoxy) is 2. The van der Waals surface area contributed by atoms with Crippen LogP contribution in [0, 0.1) is 0 Å². The molecule has 2 aromatic carbocycles. The zero-order valence-corrected chi connectivity index (χ0v) is 16.8. The lowest BCUT2D eigenvalue weighted by molar-refractivity contribution is 0.391. The van der Waals surface area contributed by atoms with Crippen LogP contribution in [-0.4, -0.2) is 34.2 Å². The van der Waals surface area contributed by atoms with E-state index in [9.17, 15) is 4.79 Å². The number of imidazole rings is 1. The highest BCUT2D eigenvalue weighted by Gasteiger charge is 2.18. The Morgan fingerprint density at radius 3 is 2.48 bits per heavy atom. The van der Waals surface area contributed by atoms with Gasteiger partial charge in [0.25, 0.3) is 0 Å². The number of nitrogens with two attached hydrogens (primary N) is 1. The number of hydrogen-bond acceptors (Lipinski definition) is 8. The number of fused-ring (bicyclic) bond motifs is 2. The first-order valence-corrected chi connectivity index (χ1v) is 9.26. The molecule has 0 radical (unpaired) electrons. The molecule has 0 bridgehead atoms. The van der Waals surface area contributed by atoms with E-state index in [1.165, 1.54) is 19.8 Å². The topological polar surface area (TPSA) is 129 Å². The van der Waals surface area contributed by atoms with E-state index in [1.807, 2.05) is 30.3 Å². The summed E-state index contributed by atoms with van der Waals surface area (Å²) in [6, 6.07) is 14.6. The normalized spacial score (nSPS) is 10.5. The Morgan fingerprint density at radius 2 is 1.77 bits per heavy atom. The SMILES string of the molecule is COc1c(-c2ccccc2)oc2c(OC)cccc2c1=O.Nc1ncnc2nc[nH]c12. The average Bonchev–Trinajstić information content (AvgIpc) is 3.30.